The molecule has 5 nitrogen and oxygen atoms in total. The van der Waals surface area contributed by atoms with E-state index < -0.39 is 0 Å². The molecule has 0 aliphatic carbocycles. The third-order valence-corrected chi connectivity index (χ3v) is 2.90. The summed E-state index contributed by atoms with van der Waals surface area (Å²) in [6, 6.07) is 4.96. The molecule has 1 unspecified atom stereocenters. The molecule has 0 saturated carbocycles. The minimum Gasteiger partial charge on any atom is -0.490 e. The number of Topliss-reactive ketones (excluding diaryl/α,β-unsaturated/α-hetero) is 1. The van der Waals surface area contributed by atoms with E-state index in [1.54, 1.807) is 25.3 Å². The van der Waals surface area contributed by atoms with Gasteiger partial charge in [0.05, 0.1) is 19.8 Å². The molecule has 0 aromatic heterocycles. The number of carbonyl (C=O) groups is 1. The summed E-state index contributed by atoms with van der Waals surface area (Å²) in [7, 11) is 1.57. The number of rotatable bonds is 5. The second-order valence-corrected chi connectivity index (χ2v) is 4.55. The minimum atomic E-state index is -0.284. The van der Waals surface area contributed by atoms with Gasteiger partial charge in [-0.1, -0.05) is 0 Å². The van der Waals surface area contributed by atoms with Crippen molar-refractivity contribution in [1.82, 2.24) is 0 Å². The zero-order chi connectivity index (χ0) is 13.7. The maximum atomic E-state index is 12.1. The van der Waals surface area contributed by atoms with Crippen molar-refractivity contribution in [2.75, 3.05) is 26.9 Å². The first-order valence-corrected chi connectivity index (χ1v) is 6.38. The molecular formula is C14H19NO4. The van der Waals surface area contributed by atoms with Crippen LogP contribution in [0.25, 0.3) is 0 Å². The maximum Gasteiger partial charge on any atom is 0.164 e. The van der Waals surface area contributed by atoms with E-state index in [-0.39, 0.29) is 18.2 Å². The maximum absolute atomic E-state index is 12.1. The number of carbonyl (C=O) groups excluding carboxylic acids is 1. The molecule has 0 saturated heterocycles. The van der Waals surface area contributed by atoms with E-state index in [1.807, 2.05) is 0 Å². The number of ketones is 1. The van der Waals surface area contributed by atoms with E-state index >= 15 is 0 Å². The summed E-state index contributed by atoms with van der Waals surface area (Å²) in [4.78, 5) is 12.1. The van der Waals surface area contributed by atoms with E-state index in [0.29, 0.717) is 36.9 Å². The van der Waals surface area contributed by atoms with Crippen LogP contribution in [0, 0.1) is 0 Å². The highest BCUT2D eigenvalue weighted by atomic mass is 16.5. The summed E-state index contributed by atoms with van der Waals surface area (Å²) >= 11 is 0. The van der Waals surface area contributed by atoms with Gasteiger partial charge in [0.15, 0.2) is 17.3 Å². The Morgan fingerprint density at radius 1 is 1.37 bits per heavy atom. The van der Waals surface area contributed by atoms with Crippen LogP contribution in [0.5, 0.6) is 11.5 Å². The minimum absolute atomic E-state index is 0.0137. The summed E-state index contributed by atoms with van der Waals surface area (Å²) in [5, 5.41) is 0. The third-order valence-electron chi connectivity index (χ3n) is 2.90. The average Bonchev–Trinajstić information content (AvgIpc) is 2.63. The van der Waals surface area contributed by atoms with Crippen LogP contribution in [-0.2, 0) is 4.74 Å². The molecule has 0 spiro atoms. The highest BCUT2D eigenvalue weighted by molar-refractivity contribution is 5.97. The fraction of sp³-hybridized carbons (Fsp3) is 0.500. The quantitative estimate of drug-likeness (QED) is 0.815. The van der Waals surface area contributed by atoms with Crippen LogP contribution in [0.1, 0.15) is 23.2 Å². The van der Waals surface area contributed by atoms with Crippen molar-refractivity contribution in [2.24, 2.45) is 5.73 Å². The molecule has 1 aliphatic rings. The number of hydrogen-bond acceptors (Lipinski definition) is 5. The number of nitrogens with two attached hydrogens (primary N) is 1. The lowest BCUT2D eigenvalue weighted by Gasteiger charge is -2.11. The van der Waals surface area contributed by atoms with Crippen molar-refractivity contribution < 1.29 is 19.0 Å². The Morgan fingerprint density at radius 2 is 2.11 bits per heavy atom. The molecule has 0 bridgehead atoms. The van der Waals surface area contributed by atoms with Gasteiger partial charge in [-0.15, -0.1) is 0 Å². The number of ether oxygens (including phenoxy) is 3. The molecule has 0 radical (unpaired) electrons. The van der Waals surface area contributed by atoms with E-state index in [9.17, 15) is 4.79 Å². The van der Waals surface area contributed by atoms with Crippen LogP contribution < -0.4 is 15.2 Å². The van der Waals surface area contributed by atoms with Crippen LogP contribution in [0.3, 0.4) is 0 Å². The molecule has 2 N–H and O–H groups in total. The Labute approximate surface area is 112 Å². The van der Waals surface area contributed by atoms with Gasteiger partial charge in [0.25, 0.3) is 0 Å². The molecule has 5 heteroatoms. The summed E-state index contributed by atoms with van der Waals surface area (Å²) in [6.07, 6.45) is 1.10. The van der Waals surface area contributed by atoms with Crippen LogP contribution in [0.2, 0.25) is 0 Å². The third kappa shape index (κ3) is 3.68. The number of methoxy groups -OCH3 is 1. The van der Waals surface area contributed by atoms with E-state index in [0.717, 1.165) is 6.42 Å². The monoisotopic (exact) mass is 265 g/mol. The summed E-state index contributed by atoms with van der Waals surface area (Å²) in [5.41, 5.74) is 6.38. The molecule has 1 aromatic carbocycles. The second-order valence-electron chi connectivity index (χ2n) is 4.55. The molecule has 0 amide bonds. The Bertz CT molecular complexity index is 447. The molecule has 19 heavy (non-hydrogen) atoms. The zero-order valence-corrected chi connectivity index (χ0v) is 11.1. The lowest BCUT2D eigenvalue weighted by atomic mass is 10.0. The smallest absolute Gasteiger partial charge is 0.164 e. The van der Waals surface area contributed by atoms with Gasteiger partial charge in [-0.3, -0.25) is 4.79 Å². The van der Waals surface area contributed by atoms with Gasteiger partial charge in [-0.05, 0) is 18.2 Å². The van der Waals surface area contributed by atoms with E-state index in [4.69, 9.17) is 19.9 Å². The Hall–Kier alpha value is -1.59. The molecule has 1 aliphatic heterocycles. The fourth-order valence-corrected chi connectivity index (χ4v) is 1.97. The number of hydrogen-bond donors (Lipinski definition) is 1. The normalized spacial score (nSPS) is 15.7. The van der Waals surface area contributed by atoms with Crippen molar-refractivity contribution in [3.05, 3.63) is 23.8 Å². The lowest BCUT2D eigenvalue weighted by Crippen LogP contribution is -2.28. The predicted molar refractivity (Wildman–Crippen MR) is 70.8 cm³/mol. The topological polar surface area (TPSA) is 70.8 Å². The van der Waals surface area contributed by atoms with Gasteiger partial charge < -0.3 is 19.9 Å². The van der Waals surface area contributed by atoms with Crippen molar-refractivity contribution in [3.8, 4) is 11.5 Å². The van der Waals surface area contributed by atoms with Gasteiger partial charge in [0.1, 0.15) is 0 Å². The van der Waals surface area contributed by atoms with Crippen molar-refractivity contribution in [2.45, 2.75) is 18.9 Å². The summed E-state index contributed by atoms with van der Waals surface area (Å²) < 4.78 is 16.0. The Balaban J connectivity index is 2.08. The first-order valence-electron chi connectivity index (χ1n) is 6.38. The lowest BCUT2D eigenvalue weighted by molar-refractivity contribution is 0.0949. The largest absolute Gasteiger partial charge is 0.490 e. The molecule has 104 valence electrons. The molecule has 2 rings (SSSR count). The zero-order valence-electron chi connectivity index (χ0n) is 11.1. The standard InChI is InChI=1S/C14H19NO4/c1-17-9-11(15)8-12(16)10-3-4-13-14(7-10)19-6-2-5-18-13/h3-4,7,11H,2,5-6,8-9,15H2,1H3. The summed E-state index contributed by atoms with van der Waals surface area (Å²) in [6.45, 7) is 1.61. The van der Waals surface area contributed by atoms with Crippen molar-refractivity contribution in [3.63, 3.8) is 0 Å². The number of benzene rings is 1. The van der Waals surface area contributed by atoms with E-state index in [1.165, 1.54) is 0 Å². The van der Waals surface area contributed by atoms with Crippen LogP contribution in [0.15, 0.2) is 18.2 Å². The van der Waals surface area contributed by atoms with Gasteiger partial charge in [-0.25, -0.2) is 0 Å². The SMILES string of the molecule is COCC(N)CC(=O)c1ccc2c(c1)OCCCO2. The number of fused-ring (bicyclic) bond motifs is 1. The van der Waals surface area contributed by atoms with Crippen molar-refractivity contribution >= 4 is 5.78 Å². The highest BCUT2D eigenvalue weighted by Gasteiger charge is 2.16. The molecule has 1 atom stereocenters. The molecule has 1 heterocycles. The first-order chi connectivity index (χ1) is 9.20. The molecule has 1 aromatic rings. The average molecular weight is 265 g/mol. The molecule has 0 fully saturated rings. The first kappa shape index (κ1) is 13.8. The van der Waals surface area contributed by atoms with Gasteiger partial charge >= 0.3 is 0 Å². The van der Waals surface area contributed by atoms with Gasteiger partial charge in [0, 0.05) is 31.6 Å². The predicted octanol–water partition coefficient (Wildman–Crippen LogP) is 1.39. The Morgan fingerprint density at radius 3 is 2.84 bits per heavy atom. The van der Waals surface area contributed by atoms with Gasteiger partial charge in [-0.2, -0.15) is 0 Å². The fourth-order valence-electron chi connectivity index (χ4n) is 1.97. The van der Waals surface area contributed by atoms with Gasteiger partial charge in [0.2, 0.25) is 0 Å². The summed E-state index contributed by atoms with van der Waals surface area (Å²) in [5.74, 6) is 1.30. The Kier molecular flexibility index (Phi) is 4.76. The molecular weight excluding hydrogens is 246 g/mol. The van der Waals surface area contributed by atoms with Crippen molar-refractivity contribution in [1.29, 1.82) is 0 Å². The second kappa shape index (κ2) is 6.54. The van der Waals surface area contributed by atoms with Crippen LogP contribution in [-0.4, -0.2) is 38.8 Å². The van der Waals surface area contributed by atoms with Crippen LogP contribution in [0.4, 0.5) is 0 Å². The highest BCUT2D eigenvalue weighted by Crippen LogP contribution is 2.30. The van der Waals surface area contributed by atoms with E-state index in [2.05, 4.69) is 0 Å². The van der Waals surface area contributed by atoms with Crippen LogP contribution >= 0.6 is 0 Å².